The maximum absolute atomic E-state index is 12.9. The molecule has 0 aliphatic carbocycles. The summed E-state index contributed by atoms with van der Waals surface area (Å²) in [4.78, 5) is 16.3. The Morgan fingerprint density at radius 1 is 1.09 bits per heavy atom. The van der Waals surface area contributed by atoms with Crippen molar-refractivity contribution in [2.45, 2.75) is 25.6 Å². The highest BCUT2D eigenvalue weighted by Gasteiger charge is 2.30. The van der Waals surface area contributed by atoms with E-state index >= 15 is 0 Å². The van der Waals surface area contributed by atoms with Crippen LogP contribution in [0.5, 0.6) is 11.5 Å². The van der Waals surface area contributed by atoms with E-state index in [2.05, 4.69) is 4.90 Å². The van der Waals surface area contributed by atoms with E-state index in [1.165, 1.54) is 19.2 Å². The second kappa shape index (κ2) is 11.1. The fourth-order valence-electron chi connectivity index (χ4n) is 3.68. The molecule has 1 fully saturated rings. The van der Waals surface area contributed by atoms with Crippen molar-refractivity contribution in [2.75, 3.05) is 39.9 Å². The SMILES string of the molecule is COc1cc(C#N)ccc1OCCCC(=O)N1CCN(Cc2cccc(C(F)(F)F)c2)CC1. The average Bonchev–Trinajstić information content (AvgIpc) is 2.81. The van der Waals surface area contributed by atoms with Crippen LogP contribution >= 0.6 is 0 Å². The highest BCUT2D eigenvalue weighted by Crippen LogP contribution is 2.30. The summed E-state index contributed by atoms with van der Waals surface area (Å²) in [6.07, 6.45) is -3.48. The van der Waals surface area contributed by atoms with E-state index in [1.807, 2.05) is 6.07 Å². The number of amides is 1. The summed E-state index contributed by atoms with van der Waals surface area (Å²) in [7, 11) is 1.50. The molecule has 1 heterocycles. The van der Waals surface area contributed by atoms with Gasteiger partial charge in [0.1, 0.15) is 0 Å². The van der Waals surface area contributed by atoms with Gasteiger partial charge in [0.25, 0.3) is 0 Å². The molecule has 176 valence electrons. The number of rotatable bonds is 8. The van der Waals surface area contributed by atoms with Gasteiger partial charge in [-0.3, -0.25) is 9.69 Å². The molecule has 2 aromatic carbocycles. The standard InChI is InChI=1S/C24H26F3N3O3/c1-32-22-15-18(16-28)7-8-21(22)33-13-3-6-23(31)30-11-9-29(10-12-30)17-19-4-2-5-20(14-19)24(25,26)27/h2,4-5,7-8,14-15H,3,6,9-13,17H2,1H3. The molecule has 33 heavy (non-hydrogen) atoms. The van der Waals surface area contributed by atoms with Crippen LogP contribution in [0.4, 0.5) is 13.2 Å². The third-order valence-electron chi connectivity index (χ3n) is 5.47. The molecule has 3 rings (SSSR count). The number of carbonyl (C=O) groups is 1. The zero-order chi connectivity index (χ0) is 23.8. The lowest BCUT2D eigenvalue weighted by molar-refractivity contribution is -0.137. The number of hydrogen-bond acceptors (Lipinski definition) is 5. The van der Waals surface area contributed by atoms with Crippen molar-refractivity contribution in [3.05, 3.63) is 59.2 Å². The minimum atomic E-state index is -4.35. The van der Waals surface area contributed by atoms with E-state index in [0.29, 0.717) is 74.8 Å². The Balaban J connectivity index is 1.40. The Hall–Kier alpha value is -3.25. The lowest BCUT2D eigenvalue weighted by atomic mass is 10.1. The molecule has 1 amide bonds. The average molecular weight is 461 g/mol. The van der Waals surface area contributed by atoms with E-state index in [9.17, 15) is 18.0 Å². The monoisotopic (exact) mass is 461 g/mol. The maximum Gasteiger partial charge on any atom is 0.416 e. The van der Waals surface area contributed by atoms with Crippen molar-refractivity contribution < 1.29 is 27.4 Å². The van der Waals surface area contributed by atoms with Crippen LogP contribution in [-0.4, -0.2) is 55.6 Å². The quantitative estimate of drug-likeness (QED) is 0.554. The number of methoxy groups -OCH3 is 1. The molecule has 0 bridgehead atoms. The molecule has 0 saturated carbocycles. The summed E-state index contributed by atoms with van der Waals surface area (Å²) in [6.45, 7) is 3.07. The first-order valence-electron chi connectivity index (χ1n) is 10.7. The van der Waals surface area contributed by atoms with E-state index in [0.717, 1.165) is 6.07 Å². The number of ether oxygens (including phenoxy) is 2. The van der Waals surface area contributed by atoms with E-state index in [4.69, 9.17) is 14.7 Å². The lowest BCUT2D eigenvalue weighted by Gasteiger charge is -2.35. The van der Waals surface area contributed by atoms with Gasteiger partial charge < -0.3 is 14.4 Å². The molecule has 0 unspecified atom stereocenters. The molecule has 0 N–H and O–H groups in total. The number of carbonyl (C=O) groups excluding carboxylic acids is 1. The predicted octanol–water partition coefficient (Wildman–Crippen LogP) is 4.09. The number of alkyl halides is 3. The molecule has 0 spiro atoms. The summed E-state index contributed by atoms with van der Waals surface area (Å²) in [6, 6.07) is 12.3. The highest BCUT2D eigenvalue weighted by atomic mass is 19.4. The summed E-state index contributed by atoms with van der Waals surface area (Å²) in [5, 5.41) is 8.95. The summed E-state index contributed by atoms with van der Waals surface area (Å²) in [5.41, 5.74) is 0.441. The van der Waals surface area contributed by atoms with Crippen LogP contribution in [0.1, 0.15) is 29.5 Å². The van der Waals surface area contributed by atoms with E-state index < -0.39 is 11.7 Å². The number of nitrogens with zero attached hydrogens (tertiary/aromatic N) is 3. The second-order valence-corrected chi connectivity index (χ2v) is 7.78. The van der Waals surface area contributed by atoms with Gasteiger partial charge in [0.2, 0.25) is 5.91 Å². The van der Waals surface area contributed by atoms with Gasteiger partial charge in [0.15, 0.2) is 11.5 Å². The van der Waals surface area contributed by atoms with Gasteiger partial charge in [-0.1, -0.05) is 18.2 Å². The normalized spacial score (nSPS) is 14.6. The Bertz CT molecular complexity index is 996. The van der Waals surface area contributed by atoms with Crippen LogP contribution in [0.15, 0.2) is 42.5 Å². The molecule has 1 aliphatic rings. The number of halogens is 3. The lowest BCUT2D eigenvalue weighted by Crippen LogP contribution is -2.48. The fraction of sp³-hybridized carbons (Fsp3) is 0.417. The topological polar surface area (TPSA) is 65.8 Å². The van der Waals surface area contributed by atoms with Gasteiger partial charge in [-0.25, -0.2) is 0 Å². The Kier molecular flexibility index (Phi) is 8.17. The van der Waals surface area contributed by atoms with Gasteiger partial charge in [-0.2, -0.15) is 18.4 Å². The fourth-order valence-corrected chi connectivity index (χ4v) is 3.68. The summed E-state index contributed by atoms with van der Waals surface area (Å²) >= 11 is 0. The number of hydrogen-bond donors (Lipinski definition) is 0. The van der Waals surface area contributed by atoms with Crippen LogP contribution in [0.3, 0.4) is 0 Å². The zero-order valence-electron chi connectivity index (χ0n) is 18.4. The van der Waals surface area contributed by atoms with Crippen molar-refractivity contribution in [1.29, 1.82) is 5.26 Å². The number of nitriles is 1. The van der Waals surface area contributed by atoms with E-state index in [1.54, 1.807) is 29.2 Å². The van der Waals surface area contributed by atoms with Crippen LogP contribution in [0.2, 0.25) is 0 Å². The third-order valence-corrected chi connectivity index (χ3v) is 5.47. The maximum atomic E-state index is 12.9. The first-order valence-corrected chi connectivity index (χ1v) is 10.7. The number of benzene rings is 2. The highest BCUT2D eigenvalue weighted by molar-refractivity contribution is 5.76. The van der Waals surface area contributed by atoms with Gasteiger partial charge in [-0.05, 0) is 30.2 Å². The minimum absolute atomic E-state index is 0.0316. The van der Waals surface area contributed by atoms with Gasteiger partial charge in [0, 0.05) is 45.2 Å². The van der Waals surface area contributed by atoms with Crippen molar-refractivity contribution in [3.63, 3.8) is 0 Å². The molecule has 2 aromatic rings. The smallest absolute Gasteiger partial charge is 0.416 e. The first-order chi connectivity index (χ1) is 15.8. The Labute approximate surface area is 191 Å². The Morgan fingerprint density at radius 3 is 2.52 bits per heavy atom. The summed E-state index contributed by atoms with van der Waals surface area (Å²) < 4.78 is 49.6. The largest absolute Gasteiger partial charge is 0.493 e. The second-order valence-electron chi connectivity index (χ2n) is 7.78. The predicted molar refractivity (Wildman–Crippen MR) is 116 cm³/mol. The van der Waals surface area contributed by atoms with Gasteiger partial charge in [-0.15, -0.1) is 0 Å². The zero-order valence-corrected chi connectivity index (χ0v) is 18.4. The molecule has 9 heteroatoms. The van der Waals surface area contributed by atoms with Crippen molar-refractivity contribution >= 4 is 5.91 Å². The van der Waals surface area contributed by atoms with Crippen molar-refractivity contribution in [3.8, 4) is 17.6 Å². The van der Waals surface area contributed by atoms with Crippen LogP contribution in [-0.2, 0) is 17.5 Å². The molecule has 0 aromatic heterocycles. The molecule has 6 nitrogen and oxygen atoms in total. The summed E-state index contributed by atoms with van der Waals surface area (Å²) in [5.74, 6) is 1.02. The van der Waals surface area contributed by atoms with E-state index in [-0.39, 0.29) is 5.91 Å². The molecular formula is C24H26F3N3O3. The molecule has 1 aliphatic heterocycles. The van der Waals surface area contributed by atoms with Crippen molar-refractivity contribution in [1.82, 2.24) is 9.80 Å². The number of piperazine rings is 1. The third kappa shape index (κ3) is 6.86. The van der Waals surface area contributed by atoms with Crippen LogP contribution in [0.25, 0.3) is 0 Å². The van der Waals surface area contributed by atoms with Crippen LogP contribution in [0, 0.1) is 11.3 Å². The van der Waals surface area contributed by atoms with Crippen LogP contribution < -0.4 is 9.47 Å². The minimum Gasteiger partial charge on any atom is -0.493 e. The Morgan fingerprint density at radius 2 is 1.85 bits per heavy atom. The van der Waals surface area contributed by atoms with Crippen molar-refractivity contribution in [2.24, 2.45) is 0 Å². The first kappa shape index (κ1) is 24.4. The molecule has 0 radical (unpaired) electrons. The molecular weight excluding hydrogens is 435 g/mol. The van der Waals surface area contributed by atoms with Gasteiger partial charge >= 0.3 is 6.18 Å². The molecule has 0 atom stereocenters. The molecule has 1 saturated heterocycles. The van der Waals surface area contributed by atoms with Gasteiger partial charge in [0.05, 0.1) is 30.9 Å².